The van der Waals surface area contributed by atoms with Crippen LogP contribution in [0, 0.1) is 0 Å². The highest BCUT2D eigenvalue weighted by Gasteiger charge is 2.10. The monoisotopic (exact) mass is 300 g/mol. The Bertz CT molecular complexity index is 705. The Balaban J connectivity index is 2.07. The number of para-hydroxylation sites is 1. The molecule has 2 aromatic carbocycles. The van der Waals surface area contributed by atoms with Crippen LogP contribution < -0.4 is 0 Å². The highest BCUT2D eigenvalue weighted by molar-refractivity contribution is 7.79. The van der Waals surface area contributed by atoms with E-state index in [4.69, 9.17) is 11.6 Å². The molecule has 0 saturated heterocycles. The molecule has 0 aliphatic heterocycles. The number of hydrogen-bond acceptors (Lipinski definition) is 2. The lowest BCUT2D eigenvalue weighted by molar-refractivity contribution is 0.884. The molecule has 1 heterocycles. The summed E-state index contributed by atoms with van der Waals surface area (Å²) in [4.78, 5) is 0. The second-order valence-electron chi connectivity index (χ2n) is 4.45. The van der Waals surface area contributed by atoms with Crippen molar-refractivity contribution in [2.45, 2.75) is 5.75 Å². The molecule has 100 valence electrons. The predicted molar refractivity (Wildman–Crippen MR) is 86.7 cm³/mol. The van der Waals surface area contributed by atoms with Gasteiger partial charge in [-0.2, -0.15) is 17.7 Å². The molecule has 0 fully saturated rings. The van der Waals surface area contributed by atoms with Crippen molar-refractivity contribution in [2.75, 3.05) is 0 Å². The minimum absolute atomic E-state index is 0.644. The van der Waals surface area contributed by atoms with E-state index in [0.717, 1.165) is 27.5 Å². The van der Waals surface area contributed by atoms with E-state index < -0.39 is 0 Å². The largest absolute Gasteiger partial charge is 0.240 e. The smallest absolute Gasteiger partial charge is 0.0967 e. The number of nitrogens with zero attached hydrogens (tertiary/aromatic N) is 2. The molecule has 0 aliphatic rings. The van der Waals surface area contributed by atoms with Crippen molar-refractivity contribution in [3.63, 3.8) is 0 Å². The fourth-order valence-corrected chi connectivity index (χ4v) is 2.45. The van der Waals surface area contributed by atoms with Gasteiger partial charge in [0.1, 0.15) is 0 Å². The molecule has 2 nitrogen and oxygen atoms in total. The van der Waals surface area contributed by atoms with Crippen LogP contribution in [-0.2, 0) is 5.75 Å². The fourth-order valence-electron chi connectivity index (χ4n) is 2.09. The lowest BCUT2D eigenvalue weighted by atomic mass is 10.1. The molecule has 3 aromatic rings. The quantitative estimate of drug-likeness (QED) is 0.699. The van der Waals surface area contributed by atoms with E-state index in [2.05, 4.69) is 17.7 Å². The first-order valence-corrected chi connectivity index (χ1v) is 7.30. The van der Waals surface area contributed by atoms with Crippen molar-refractivity contribution >= 4 is 24.2 Å². The number of aromatic nitrogens is 2. The van der Waals surface area contributed by atoms with Gasteiger partial charge in [0.15, 0.2) is 0 Å². The van der Waals surface area contributed by atoms with Crippen LogP contribution in [0.25, 0.3) is 16.9 Å². The van der Waals surface area contributed by atoms with Crippen LogP contribution in [0.4, 0.5) is 0 Å². The summed E-state index contributed by atoms with van der Waals surface area (Å²) in [5.74, 6) is 0.644. The van der Waals surface area contributed by atoms with E-state index in [0.29, 0.717) is 5.75 Å². The molecule has 0 radical (unpaired) electrons. The van der Waals surface area contributed by atoms with Crippen molar-refractivity contribution in [3.8, 4) is 16.9 Å². The maximum absolute atomic E-state index is 5.93. The molecule has 0 bridgehead atoms. The minimum Gasteiger partial charge on any atom is -0.240 e. The van der Waals surface area contributed by atoms with Crippen molar-refractivity contribution in [2.24, 2.45) is 0 Å². The topological polar surface area (TPSA) is 17.8 Å². The van der Waals surface area contributed by atoms with E-state index in [1.807, 2.05) is 65.5 Å². The van der Waals surface area contributed by atoms with Gasteiger partial charge in [-0.25, -0.2) is 4.68 Å². The Morgan fingerprint density at radius 2 is 1.70 bits per heavy atom. The Labute approximate surface area is 128 Å². The molecule has 3 rings (SSSR count). The second kappa shape index (κ2) is 5.73. The maximum atomic E-state index is 5.93. The third-order valence-electron chi connectivity index (χ3n) is 3.10. The van der Waals surface area contributed by atoms with E-state index in [1.54, 1.807) is 0 Å². The zero-order valence-electron chi connectivity index (χ0n) is 10.7. The molecule has 20 heavy (non-hydrogen) atoms. The lowest BCUT2D eigenvalue weighted by Gasteiger charge is -2.01. The SMILES string of the molecule is SCc1cn(-c2ccccc2)nc1-c1ccc(Cl)cc1. The summed E-state index contributed by atoms with van der Waals surface area (Å²) in [6.07, 6.45) is 2.02. The Morgan fingerprint density at radius 1 is 1.00 bits per heavy atom. The molecule has 0 unspecified atom stereocenters. The Kier molecular flexibility index (Phi) is 3.81. The number of thiol groups is 1. The van der Waals surface area contributed by atoms with Crippen LogP contribution in [-0.4, -0.2) is 9.78 Å². The summed E-state index contributed by atoms with van der Waals surface area (Å²) < 4.78 is 1.88. The van der Waals surface area contributed by atoms with Gasteiger partial charge in [0.05, 0.1) is 11.4 Å². The average Bonchev–Trinajstić information content (AvgIpc) is 2.93. The second-order valence-corrected chi connectivity index (χ2v) is 5.20. The van der Waals surface area contributed by atoms with Crippen LogP contribution in [0.5, 0.6) is 0 Å². The average molecular weight is 301 g/mol. The third kappa shape index (κ3) is 2.60. The molecular formula is C16H13ClN2S. The van der Waals surface area contributed by atoms with Crippen molar-refractivity contribution in [1.82, 2.24) is 9.78 Å². The van der Waals surface area contributed by atoms with Gasteiger partial charge in [-0.15, -0.1) is 0 Å². The van der Waals surface area contributed by atoms with Gasteiger partial charge < -0.3 is 0 Å². The van der Waals surface area contributed by atoms with Gasteiger partial charge in [-0.05, 0) is 24.3 Å². The molecule has 4 heteroatoms. The normalized spacial score (nSPS) is 10.7. The summed E-state index contributed by atoms with van der Waals surface area (Å²) in [5, 5.41) is 5.40. The van der Waals surface area contributed by atoms with E-state index in [1.165, 1.54) is 0 Å². The van der Waals surface area contributed by atoms with Gasteiger partial charge in [-0.1, -0.05) is 41.9 Å². The molecule has 0 N–H and O–H groups in total. The molecule has 0 aliphatic carbocycles. The van der Waals surface area contributed by atoms with Crippen LogP contribution in [0.1, 0.15) is 5.56 Å². The number of halogens is 1. The zero-order valence-corrected chi connectivity index (χ0v) is 12.4. The van der Waals surface area contributed by atoms with Crippen molar-refractivity contribution in [1.29, 1.82) is 0 Å². The predicted octanol–water partition coefficient (Wildman–Crippen LogP) is 4.62. The first-order valence-electron chi connectivity index (χ1n) is 6.28. The van der Waals surface area contributed by atoms with Crippen LogP contribution in [0.2, 0.25) is 5.02 Å². The highest BCUT2D eigenvalue weighted by Crippen LogP contribution is 2.26. The maximum Gasteiger partial charge on any atom is 0.0967 e. The van der Waals surface area contributed by atoms with Gasteiger partial charge in [0.25, 0.3) is 0 Å². The first-order chi connectivity index (χ1) is 9.78. The summed E-state index contributed by atoms with van der Waals surface area (Å²) in [6, 6.07) is 17.8. The van der Waals surface area contributed by atoms with Crippen molar-refractivity contribution < 1.29 is 0 Å². The standard InChI is InChI=1S/C16H13ClN2S/c17-14-8-6-12(7-9-14)16-13(11-20)10-19(18-16)15-4-2-1-3-5-15/h1-10,20H,11H2. The Morgan fingerprint density at radius 3 is 2.35 bits per heavy atom. The number of rotatable bonds is 3. The summed E-state index contributed by atoms with van der Waals surface area (Å²) >= 11 is 10.3. The van der Waals surface area contributed by atoms with Crippen LogP contribution >= 0.6 is 24.2 Å². The fraction of sp³-hybridized carbons (Fsp3) is 0.0625. The van der Waals surface area contributed by atoms with E-state index in [-0.39, 0.29) is 0 Å². The molecule has 0 saturated carbocycles. The number of benzene rings is 2. The van der Waals surface area contributed by atoms with Gasteiger partial charge in [0, 0.05) is 28.1 Å². The van der Waals surface area contributed by atoms with E-state index >= 15 is 0 Å². The van der Waals surface area contributed by atoms with E-state index in [9.17, 15) is 0 Å². The minimum atomic E-state index is 0.644. The molecule has 0 atom stereocenters. The molecule has 1 aromatic heterocycles. The van der Waals surface area contributed by atoms with Crippen molar-refractivity contribution in [3.05, 3.63) is 71.4 Å². The van der Waals surface area contributed by atoms with Gasteiger partial charge in [0.2, 0.25) is 0 Å². The summed E-state index contributed by atoms with van der Waals surface area (Å²) in [6.45, 7) is 0. The first kappa shape index (κ1) is 13.3. The van der Waals surface area contributed by atoms with Crippen LogP contribution in [0.15, 0.2) is 60.8 Å². The lowest BCUT2D eigenvalue weighted by Crippen LogP contribution is -1.93. The Hall–Kier alpha value is -1.71. The molecular weight excluding hydrogens is 288 g/mol. The zero-order chi connectivity index (χ0) is 13.9. The molecule has 0 spiro atoms. The highest BCUT2D eigenvalue weighted by atomic mass is 35.5. The third-order valence-corrected chi connectivity index (χ3v) is 3.69. The summed E-state index contributed by atoms with van der Waals surface area (Å²) in [5.41, 5.74) is 4.13. The van der Waals surface area contributed by atoms with Gasteiger partial charge >= 0.3 is 0 Å². The van der Waals surface area contributed by atoms with Crippen LogP contribution in [0.3, 0.4) is 0 Å². The van der Waals surface area contributed by atoms with Gasteiger partial charge in [-0.3, -0.25) is 0 Å². The molecule has 0 amide bonds. The number of hydrogen-bond donors (Lipinski definition) is 1. The summed E-state index contributed by atoms with van der Waals surface area (Å²) in [7, 11) is 0.